The van der Waals surface area contributed by atoms with Crippen LogP contribution in [0.5, 0.6) is 0 Å². The lowest BCUT2D eigenvalue weighted by Gasteiger charge is -2.10. The summed E-state index contributed by atoms with van der Waals surface area (Å²) >= 11 is 5.60. The first kappa shape index (κ1) is 11.4. The predicted octanol–water partition coefficient (Wildman–Crippen LogP) is 0.707. The molecule has 1 atom stereocenters. The quantitative estimate of drug-likeness (QED) is 0.713. The molecule has 6 heteroatoms. The molecule has 0 aliphatic carbocycles. The zero-order valence-corrected chi connectivity index (χ0v) is 9.33. The molecule has 0 amide bonds. The monoisotopic (exact) mass is 217 g/mol. The number of nitrogens with one attached hydrogen (secondary N) is 1. The fraction of sp³-hybridized carbons (Fsp3) is 0.875. The Hall–Kier alpha value is -0.680. The third-order valence-electron chi connectivity index (χ3n) is 1.93. The van der Waals surface area contributed by atoms with E-state index in [4.69, 9.17) is 11.6 Å². The van der Waals surface area contributed by atoms with Crippen LogP contribution in [0.1, 0.15) is 25.6 Å². The minimum absolute atomic E-state index is 0.442. The van der Waals surface area contributed by atoms with Crippen LogP contribution in [-0.4, -0.2) is 32.1 Å². The van der Waals surface area contributed by atoms with Gasteiger partial charge in [0.05, 0.1) is 13.6 Å². The fourth-order valence-electron chi connectivity index (χ4n) is 1.15. The molecule has 1 heterocycles. The largest absolute Gasteiger partial charge is 0.307 e. The van der Waals surface area contributed by atoms with Gasteiger partial charge in [0.1, 0.15) is 0 Å². The van der Waals surface area contributed by atoms with E-state index in [-0.39, 0.29) is 0 Å². The van der Waals surface area contributed by atoms with E-state index in [2.05, 4.69) is 27.7 Å². The molecule has 0 fully saturated rings. The Morgan fingerprint density at radius 3 is 2.93 bits per heavy atom. The molecular weight excluding hydrogens is 202 g/mol. The number of halogens is 1. The van der Waals surface area contributed by atoms with Gasteiger partial charge in [0.25, 0.3) is 0 Å². The second-order valence-electron chi connectivity index (χ2n) is 3.31. The van der Waals surface area contributed by atoms with E-state index in [1.807, 2.05) is 0 Å². The smallest absolute Gasteiger partial charge is 0.188 e. The second kappa shape index (κ2) is 5.93. The highest BCUT2D eigenvalue weighted by molar-refractivity contribution is 6.17. The van der Waals surface area contributed by atoms with Crippen molar-refractivity contribution in [2.45, 2.75) is 32.4 Å². The van der Waals surface area contributed by atoms with Crippen LogP contribution >= 0.6 is 11.6 Å². The number of aromatic nitrogens is 4. The summed E-state index contributed by atoms with van der Waals surface area (Å²) < 4.78 is 0. The lowest BCUT2D eigenvalue weighted by Crippen LogP contribution is -2.26. The van der Waals surface area contributed by atoms with Crippen molar-refractivity contribution in [2.24, 2.45) is 7.05 Å². The lowest BCUT2D eigenvalue weighted by molar-refractivity contribution is 0.499. The minimum atomic E-state index is 0.442. The van der Waals surface area contributed by atoms with Crippen molar-refractivity contribution < 1.29 is 0 Å². The highest BCUT2D eigenvalue weighted by Crippen LogP contribution is 1.98. The average Bonchev–Trinajstić information content (AvgIpc) is 2.58. The molecule has 80 valence electrons. The Morgan fingerprint density at radius 2 is 2.36 bits per heavy atom. The van der Waals surface area contributed by atoms with Crippen molar-refractivity contribution in [1.82, 2.24) is 25.5 Å². The van der Waals surface area contributed by atoms with Crippen molar-refractivity contribution in [3.63, 3.8) is 0 Å². The van der Waals surface area contributed by atoms with Gasteiger partial charge >= 0.3 is 0 Å². The molecule has 5 nitrogen and oxygen atoms in total. The Bertz CT molecular complexity index is 262. The van der Waals surface area contributed by atoms with Gasteiger partial charge in [-0.05, 0) is 25.0 Å². The molecule has 0 spiro atoms. The molecule has 1 aromatic rings. The summed E-state index contributed by atoms with van der Waals surface area (Å²) in [7, 11) is 1.76. The van der Waals surface area contributed by atoms with Crippen LogP contribution in [0.3, 0.4) is 0 Å². The molecule has 14 heavy (non-hydrogen) atoms. The van der Waals surface area contributed by atoms with Gasteiger partial charge in [0, 0.05) is 11.9 Å². The maximum absolute atomic E-state index is 5.60. The first-order valence-electron chi connectivity index (χ1n) is 4.74. The molecule has 0 saturated carbocycles. The summed E-state index contributed by atoms with van der Waals surface area (Å²) in [5, 5.41) is 15.0. The molecule has 1 aromatic heterocycles. The van der Waals surface area contributed by atoms with Crippen LogP contribution in [0, 0.1) is 0 Å². The van der Waals surface area contributed by atoms with Gasteiger partial charge in [-0.2, -0.15) is 4.80 Å². The van der Waals surface area contributed by atoms with E-state index < -0.39 is 0 Å². The van der Waals surface area contributed by atoms with E-state index in [9.17, 15) is 0 Å². The highest BCUT2D eigenvalue weighted by atomic mass is 35.5. The van der Waals surface area contributed by atoms with E-state index in [0.29, 0.717) is 12.6 Å². The van der Waals surface area contributed by atoms with Crippen molar-refractivity contribution in [3.8, 4) is 0 Å². The predicted molar refractivity (Wildman–Crippen MR) is 55.1 cm³/mol. The number of rotatable bonds is 6. The van der Waals surface area contributed by atoms with Crippen LogP contribution < -0.4 is 5.32 Å². The normalized spacial score (nSPS) is 13.1. The maximum Gasteiger partial charge on any atom is 0.188 e. The summed E-state index contributed by atoms with van der Waals surface area (Å²) in [6.07, 6.45) is 2.10. The number of hydrogen-bond donors (Lipinski definition) is 1. The van der Waals surface area contributed by atoms with Crippen molar-refractivity contribution in [1.29, 1.82) is 0 Å². The van der Waals surface area contributed by atoms with Gasteiger partial charge in [-0.25, -0.2) is 0 Å². The molecule has 1 N–H and O–H groups in total. The maximum atomic E-state index is 5.60. The topological polar surface area (TPSA) is 55.6 Å². The van der Waals surface area contributed by atoms with E-state index in [1.54, 1.807) is 7.05 Å². The first-order valence-corrected chi connectivity index (χ1v) is 5.28. The van der Waals surface area contributed by atoms with Crippen LogP contribution in [-0.2, 0) is 13.6 Å². The van der Waals surface area contributed by atoms with Crippen LogP contribution in [0.15, 0.2) is 0 Å². The fourth-order valence-corrected chi connectivity index (χ4v) is 1.30. The molecule has 0 bridgehead atoms. The SMILES string of the molecule is CC(CCCCl)NCc1nnn(C)n1. The number of tetrazole rings is 1. The van der Waals surface area contributed by atoms with Gasteiger partial charge < -0.3 is 5.32 Å². The van der Waals surface area contributed by atoms with Crippen LogP contribution in [0.25, 0.3) is 0 Å². The number of hydrogen-bond acceptors (Lipinski definition) is 4. The molecular formula is C8H16ClN5. The third-order valence-corrected chi connectivity index (χ3v) is 2.20. The highest BCUT2D eigenvalue weighted by Gasteiger charge is 2.03. The lowest BCUT2D eigenvalue weighted by atomic mass is 10.2. The van der Waals surface area contributed by atoms with E-state index in [1.165, 1.54) is 4.80 Å². The van der Waals surface area contributed by atoms with Gasteiger partial charge in [0.2, 0.25) is 0 Å². The average molecular weight is 218 g/mol. The number of nitrogens with zero attached hydrogens (tertiary/aromatic N) is 4. The minimum Gasteiger partial charge on any atom is -0.307 e. The Balaban J connectivity index is 2.20. The zero-order chi connectivity index (χ0) is 10.4. The Kier molecular flexibility index (Phi) is 4.82. The van der Waals surface area contributed by atoms with Gasteiger partial charge in [-0.15, -0.1) is 21.8 Å². The van der Waals surface area contributed by atoms with Gasteiger partial charge in [0.15, 0.2) is 5.82 Å². The summed E-state index contributed by atoms with van der Waals surface area (Å²) in [4.78, 5) is 1.46. The van der Waals surface area contributed by atoms with Gasteiger partial charge in [-0.1, -0.05) is 0 Å². The Labute approximate surface area is 88.8 Å². The van der Waals surface area contributed by atoms with Gasteiger partial charge in [-0.3, -0.25) is 0 Å². The molecule has 1 rings (SSSR count). The zero-order valence-electron chi connectivity index (χ0n) is 8.57. The summed E-state index contributed by atoms with van der Waals surface area (Å²) in [5.74, 6) is 1.44. The standard InChI is InChI=1S/C8H16ClN5/c1-7(4-3-5-9)10-6-8-11-13-14(2)12-8/h7,10H,3-6H2,1-2H3. The van der Waals surface area contributed by atoms with Crippen LogP contribution in [0.4, 0.5) is 0 Å². The van der Waals surface area contributed by atoms with E-state index in [0.717, 1.165) is 24.5 Å². The van der Waals surface area contributed by atoms with Crippen molar-refractivity contribution >= 4 is 11.6 Å². The van der Waals surface area contributed by atoms with E-state index >= 15 is 0 Å². The molecule has 0 radical (unpaired) electrons. The van der Waals surface area contributed by atoms with Crippen LogP contribution in [0.2, 0.25) is 0 Å². The summed E-state index contributed by atoms with van der Waals surface area (Å²) in [6, 6.07) is 0.442. The summed E-state index contributed by atoms with van der Waals surface area (Å²) in [6.45, 7) is 2.79. The third kappa shape index (κ3) is 4.02. The second-order valence-corrected chi connectivity index (χ2v) is 3.69. The summed E-state index contributed by atoms with van der Waals surface area (Å²) in [5.41, 5.74) is 0. The number of aryl methyl sites for hydroxylation is 1. The molecule has 0 saturated heterocycles. The first-order chi connectivity index (χ1) is 6.72. The van der Waals surface area contributed by atoms with Crippen molar-refractivity contribution in [3.05, 3.63) is 5.82 Å². The molecule has 1 unspecified atom stereocenters. The van der Waals surface area contributed by atoms with Crippen molar-refractivity contribution in [2.75, 3.05) is 5.88 Å². The molecule has 0 aromatic carbocycles. The Morgan fingerprint density at radius 1 is 1.57 bits per heavy atom. The number of alkyl halides is 1. The molecule has 0 aliphatic heterocycles. The molecule has 0 aliphatic rings.